The SMILES string of the molecule is C=CCCCCCCCCCCCCCCCCCCCC(CC)(P(=O)=O)[N+](C)(C)C. The van der Waals surface area contributed by atoms with Gasteiger partial charge in [-0.2, -0.15) is 0 Å². The van der Waals surface area contributed by atoms with Gasteiger partial charge in [0.2, 0.25) is 5.28 Å². The lowest BCUT2D eigenvalue weighted by atomic mass is 10.0. The van der Waals surface area contributed by atoms with Crippen molar-refractivity contribution in [2.75, 3.05) is 21.1 Å². The molecule has 184 valence electrons. The second kappa shape index (κ2) is 19.1. The molecule has 0 aromatic carbocycles. The molecule has 1 unspecified atom stereocenters. The number of hydrogen-bond acceptors (Lipinski definition) is 2. The molecule has 0 saturated carbocycles. The predicted octanol–water partition coefficient (Wildman–Crippen LogP) is 9.57. The van der Waals surface area contributed by atoms with Crippen molar-refractivity contribution in [3.8, 4) is 0 Å². The largest absolute Gasteiger partial charge is 0.378 e. The van der Waals surface area contributed by atoms with E-state index in [0.717, 1.165) is 12.8 Å². The Balaban J connectivity index is 3.48. The Bertz CT molecular complexity index is 488. The first-order valence-corrected chi connectivity index (χ1v) is 14.6. The molecule has 0 spiro atoms. The minimum absolute atomic E-state index is 0.512. The molecule has 0 fully saturated rings. The summed E-state index contributed by atoms with van der Waals surface area (Å²) in [6, 6.07) is 0. The zero-order valence-corrected chi connectivity index (χ0v) is 22.5. The molecule has 3 nitrogen and oxygen atoms in total. The first-order valence-electron chi connectivity index (χ1n) is 13.4. The van der Waals surface area contributed by atoms with Crippen molar-refractivity contribution >= 4 is 7.68 Å². The van der Waals surface area contributed by atoms with Gasteiger partial charge >= 0.3 is 7.68 Å². The van der Waals surface area contributed by atoms with E-state index in [1.807, 2.05) is 34.1 Å². The van der Waals surface area contributed by atoms with Gasteiger partial charge in [-0.25, -0.2) is 9.13 Å². The molecule has 0 heterocycles. The number of quaternary nitrogens is 1. The lowest BCUT2D eigenvalue weighted by Gasteiger charge is -2.40. The van der Waals surface area contributed by atoms with Crippen LogP contribution in [0.1, 0.15) is 135 Å². The van der Waals surface area contributed by atoms with E-state index in [9.17, 15) is 9.13 Å². The smallest absolute Gasteiger partial charge is 0.314 e. The maximum Gasteiger partial charge on any atom is 0.378 e. The van der Waals surface area contributed by atoms with Crippen molar-refractivity contribution in [3.05, 3.63) is 12.7 Å². The van der Waals surface area contributed by atoms with E-state index in [4.69, 9.17) is 0 Å². The lowest BCUT2D eigenvalue weighted by molar-refractivity contribution is -0.908. The van der Waals surface area contributed by atoms with Crippen LogP contribution in [0.5, 0.6) is 0 Å². The first-order chi connectivity index (χ1) is 14.8. The third-order valence-corrected chi connectivity index (χ3v) is 8.96. The highest BCUT2D eigenvalue weighted by molar-refractivity contribution is 7.32. The molecule has 1 atom stereocenters. The average molecular weight is 457 g/mol. The lowest BCUT2D eigenvalue weighted by Crippen LogP contribution is -2.53. The molecule has 0 N–H and O–H groups in total. The van der Waals surface area contributed by atoms with Gasteiger partial charge < -0.3 is 4.48 Å². The van der Waals surface area contributed by atoms with Crippen molar-refractivity contribution < 1.29 is 13.6 Å². The van der Waals surface area contributed by atoms with Crippen LogP contribution in [0.15, 0.2) is 12.7 Å². The number of unbranched alkanes of at least 4 members (excludes halogenated alkanes) is 17. The van der Waals surface area contributed by atoms with Crippen molar-refractivity contribution in [3.63, 3.8) is 0 Å². The fourth-order valence-electron chi connectivity index (χ4n) is 4.80. The topological polar surface area (TPSA) is 34.1 Å². The fraction of sp³-hybridized carbons (Fsp3) is 0.926. The van der Waals surface area contributed by atoms with Crippen LogP contribution in [0.4, 0.5) is 0 Å². The average Bonchev–Trinajstić information content (AvgIpc) is 2.71. The number of nitrogens with zero attached hydrogens (tertiary/aromatic N) is 1. The third kappa shape index (κ3) is 14.4. The van der Waals surface area contributed by atoms with Crippen LogP contribution < -0.4 is 0 Å². The first kappa shape index (κ1) is 30.6. The van der Waals surface area contributed by atoms with E-state index >= 15 is 0 Å². The van der Waals surface area contributed by atoms with E-state index < -0.39 is 13.0 Å². The third-order valence-electron chi connectivity index (χ3n) is 7.14. The maximum absolute atomic E-state index is 11.9. The van der Waals surface area contributed by atoms with E-state index in [1.165, 1.54) is 109 Å². The monoisotopic (exact) mass is 456 g/mol. The molecule has 0 aliphatic rings. The van der Waals surface area contributed by atoms with Crippen molar-refractivity contribution in [2.24, 2.45) is 0 Å². The van der Waals surface area contributed by atoms with Gasteiger partial charge in [-0.05, 0) is 19.3 Å². The Hall–Kier alpha value is -0.400. The summed E-state index contributed by atoms with van der Waals surface area (Å²) >= 11 is 0. The van der Waals surface area contributed by atoms with Gasteiger partial charge in [-0.1, -0.05) is 109 Å². The van der Waals surface area contributed by atoms with E-state index in [0.29, 0.717) is 10.9 Å². The number of hydrogen-bond donors (Lipinski definition) is 0. The van der Waals surface area contributed by atoms with E-state index in [2.05, 4.69) is 6.58 Å². The summed E-state index contributed by atoms with van der Waals surface area (Å²) < 4.78 is 24.4. The van der Waals surface area contributed by atoms with E-state index in [1.54, 1.807) is 0 Å². The second-order valence-corrected chi connectivity index (χ2v) is 11.8. The molecule has 0 aliphatic carbocycles. The van der Waals surface area contributed by atoms with Gasteiger partial charge in [0, 0.05) is 12.8 Å². The highest BCUT2D eigenvalue weighted by Gasteiger charge is 2.46. The molecular formula is C27H55NO2P+. The van der Waals surface area contributed by atoms with Crippen molar-refractivity contribution in [1.82, 2.24) is 0 Å². The zero-order valence-electron chi connectivity index (χ0n) is 21.6. The molecular weight excluding hydrogens is 401 g/mol. The Kier molecular flexibility index (Phi) is 18.9. The summed E-state index contributed by atoms with van der Waals surface area (Å²) in [6.45, 7) is 5.79. The standard InChI is InChI=1S/C27H55NO2P/c1-6-8-9-10-11-12-13-14-15-16-17-18-19-20-21-22-23-24-25-26-27(7-2,31(29)30)28(3,4)5/h6H,1,7-26H2,2-5H3/q+1. The molecule has 0 radical (unpaired) electrons. The quantitative estimate of drug-likeness (QED) is 0.0663. The van der Waals surface area contributed by atoms with Crippen LogP contribution >= 0.6 is 7.68 Å². The second-order valence-electron chi connectivity index (χ2n) is 10.4. The number of allylic oxidation sites excluding steroid dienone is 1. The van der Waals surface area contributed by atoms with Crippen LogP contribution in [0, 0.1) is 0 Å². The van der Waals surface area contributed by atoms with Gasteiger partial charge in [-0.3, -0.25) is 0 Å². The maximum atomic E-state index is 11.9. The minimum Gasteiger partial charge on any atom is -0.314 e. The fourth-order valence-corrected chi connectivity index (χ4v) is 5.89. The van der Waals surface area contributed by atoms with Crippen LogP contribution in [0.3, 0.4) is 0 Å². The molecule has 0 bridgehead atoms. The van der Waals surface area contributed by atoms with Crippen molar-refractivity contribution in [2.45, 2.75) is 141 Å². The molecule has 0 aliphatic heterocycles. The summed E-state index contributed by atoms with van der Waals surface area (Å²) in [5, 5.41) is -0.596. The van der Waals surface area contributed by atoms with Crippen LogP contribution in [-0.4, -0.2) is 30.9 Å². The van der Waals surface area contributed by atoms with Gasteiger partial charge in [0.15, 0.2) is 0 Å². The molecule has 0 amide bonds. The zero-order chi connectivity index (χ0) is 23.4. The van der Waals surface area contributed by atoms with Gasteiger partial charge in [0.25, 0.3) is 0 Å². The highest BCUT2D eigenvalue weighted by Crippen LogP contribution is 2.43. The summed E-state index contributed by atoms with van der Waals surface area (Å²) in [4.78, 5) is 0. The van der Waals surface area contributed by atoms with Crippen LogP contribution in [-0.2, 0) is 9.13 Å². The predicted molar refractivity (Wildman–Crippen MR) is 137 cm³/mol. The van der Waals surface area contributed by atoms with E-state index in [-0.39, 0.29) is 0 Å². The Labute approximate surface area is 195 Å². The van der Waals surface area contributed by atoms with Gasteiger partial charge in [0.1, 0.15) is 0 Å². The van der Waals surface area contributed by atoms with Gasteiger partial charge in [-0.15, -0.1) is 6.58 Å². The normalized spacial score (nSPS) is 13.8. The minimum atomic E-state index is -2.41. The molecule has 0 rings (SSSR count). The molecule has 0 aromatic rings. The van der Waals surface area contributed by atoms with Crippen LogP contribution in [0.25, 0.3) is 0 Å². The van der Waals surface area contributed by atoms with Crippen LogP contribution in [0.2, 0.25) is 0 Å². The summed E-state index contributed by atoms with van der Waals surface area (Å²) in [6.07, 6.45) is 27.6. The summed E-state index contributed by atoms with van der Waals surface area (Å²) in [7, 11) is 3.63. The van der Waals surface area contributed by atoms with Crippen molar-refractivity contribution in [1.29, 1.82) is 0 Å². The molecule has 0 aromatic heterocycles. The molecule has 4 heteroatoms. The Morgan fingerprint density at radius 3 is 1.23 bits per heavy atom. The van der Waals surface area contributed by atoms with Gasteiger partial charge in [0.05, 0.1) is 21.1 Å². The molecule has 31 heavy (non-hydrogen) atoms. The summed E-state index contributed by atoms with van der Waals surface area (Å²) in [5.74, 6) is 0. The molecule has 0 saturated heterocycles. The highest BCUT2D eigenvalue weighted by atomic mass is 31.1. The summed E-state index contributed by atoms with van der Waals surface area (Å²) in [5.41, 5.74) is 0. The Morgan fingerprint density at radius 1 is 0.645 bits per heavy atom. The number of rotatable bonds is 23. The Morgan fingerprint density at radius 2 is 0.968 bits per heavy atom.